The Labute approximate surface area is 150 Å². The second-order valence-corrected chi connectivity index (χ2v) is 6.53. The van der Waals surface area contributed by atoms with Crippen LogP contribution in [0, 0.1) is 13.8 Å². The van der Waals surface area contributed by atoms with Gasteiger partial charge in [-0.05, 0) is 38.8 Å². The van der Waals surface area contributed by atoms with Crippen LogP contribution < -0.4 is 11.4 Å². The number of aromatic nitrogens is 2. The number of hydrogen-bond donors (Lipinski definition) is 1. The van der Waals surface area contributed by atoms with Crippen LogP contribution in [0.5, 0.6) is 0 Å². The van der Waals surface area contributed by atoms with Crippen molar-refractivity contribution in [1.82, 2.24) is 9.78 Å². The highest BCUT2D eigenvalue weighted by atomic mass is 16.5. The van der Waals surface area contributed by atoms with Crippen LogP contribution in [-0.4, -0.2) is 15.7 Å². The molecule has 26 heavy (non-hydrogen) atoms. The van der Waals surface area contributed by atoms with Gasteiger partial charge in [0.05, 0.1) is 6.20 Å². The van der Waals surface area contributed by atoms with E-state index in [-0.39, 0.29) is 24.0 Å². The number of aryl methyl sites for hydroxylation is 2. The Morgan fingerprint density at radius 1 is 1.35 bits per heavy atom. The quantitative estimate of drug-likeness (QED) is 0.570. The fourth-order valence-electron chi connectivity index (χ4n) is 2.81. The molecular weight excluding hydrogens is 334 g/mol. The van der Waals surface area contributed by atoms with Gasteiger partial charge in [-0.1, -0.05) is 12.1 Å². The van der Waals surface area contributed by atoms with Gasteiger partial charge in [-0.2, -0.15) is 5.10 Å². The van der Waals surface area contributed by atoms with Gasteiger partial charge < -0.3 is 14.9 Å². The van der Waals surface area contributed by atoms with Crippen molar-refractivity contribution < 1.29 is 13.9 Å². The Morgan fingerprint density at radius 3 is 2.73 bits per heavy atom. The number of fused-ring (bicyclic) bond motifs is 1. The Bertz CT molecular complexity index is 1050. The Kier molecular flexibility index (Phi) is 4.54. The Morgan fingerprint density at radius 2 is 2.08 bits per heavy atom. The minimum atomic E-state index is -0.584. The number of esters is 1. The van der Waals surface area contributed by atoms with Gasteiger partial charge in [0.1, 0.15) is 23.6 Å². The predicted octanol–water partition coefficient (Wildman–Crippen LogP) is 3.13. The summed E-state index contributed by atoms with van der Waals surface area (Å²) in [4.78, 5) is 24.2. The number of rotatable bonds is 4. The van der Waals surface area contributed by atoms with E-state index in [0.29, 0.717) is 11.1 Å². The van der Waals surface area contributed by atoms with E-state index in [1.807, 2.05) is 39.8 Å². The largest absolute Gasteiger partial charge is 0.457 e. The van der Waals surface area contributed by atoms with E-state index in [4.69, 9.17) is 14.9 Å². The number of benzene rings is 1. The van der Waals surface area contributed by atoms with Gasteiger partial charge in [-0.25, -0.2) is 14.3 Å². The van der Waals surface area contributed by atoms with Crippen LogP contribution in [0.25, 0.3) is 11.0 Å². The molecule has 0 aliphatic carbocycles. The third kappa shape index (κ3) is 3.08. The van der Waals surface area contributed by atoms with E-state index in [1.54, 1.807) is 4.68 Å². The molecule has 0 fully saturated rings. The zero-order valence-corrected chi connectivity index (χ0v) is 15.2. The monoisotopic (exact) mass is 355 g/mol. The molecule has 3 aromatic rings. The maximum Gasteiger partial charge on any atom is 0.343 e. The minimum absolute atomic E-state index is 0.0328. The number of nitrogen functional groups attached to an aromatic ring is 1. The molecule has 3 rings (SSSR count). The lowest BCUT2D eigenvalue weighted by molar-refractivity contribution is 0.0475. The highest BCUT2D eigenvalue weighted by molar-refractivity contribution is 5.94. The van der Waals surface area contributed by atoms with Gasteiger partial charge in [-0.3, -0.25) is 0 Å². The van der Waals surface area contributed by atoms with Crippen molar-refractivity contribution in [1.29, 1.82) is 0 Å². The van der Waals surface area contributed by atoms with Crippen LogP contribution in [-0.2, 0) is 11.3 Å². The van der Waals surface area contributed by atoms with E-state index in [2.05, 4.69) is 5.10 Å². The average Bonchev–Trinajstić information content (AvgIpc) is 2.98. The Hall–Kier alpha value is -3.09. The van der Waals surface area contributed by atoms with E-state index in [0.717, 1.165) is 16.5 Å². The van der Waals surface area contributed by atoms with E-state index >= 15 is 0 Å². The molecule has 2 N–H and O–H groups in total. The van der Waals surface area contributed by atoms with Crippen LogP contribution in [0.4, 0.5) is 5.82 Å². The average molecular weight is 355 g/mol. The Balaban J connectivity index is 1.89. The number of anilines is 1. The topological polar surface area (TPSA) is 100 Å². The van der Waals surface area contributed by atoms with Gasteiger partial charge in [-0.15, -0.1) is 0 Å². The zero-order chi connectivity index (χ0) is 19.0. The first-order valence-corrected chi connectivity index (χ1v) is 8.32. The van der Waals surface area contributed by atoms with Gasteiger partial charge in [0.25, 0.3) is 0 Å². The smallest absolute Gasteiger partial charge is 0.343 e. The van der Waals surface area contributed by atoms with Crippen LogP contribution in [0.3, 0.4) is 0 Å². The van der Waals surface area contributed by atoms with Gasteiger partial charge >= 0.3 is 11.6 Å². The molecule has 7 nitrogen and oxygen atoms in total. The molecule has 0 amide bonds. The molecule has 0 saturated heterocycles. The molecule has 0 atom stereocenters. The molecule has 0 bridgehead atoms. The number of carbonyl (C=O) groups excluding carboxylic acids is 1. The van der Waals surface area contributed by atoms with Crippen molar-refractivity contribution in [3.63, 3.8) is 0 Å². The fraction of sp³-hybridized carbons (Fsp3) is 0.316. The van der Waals surface area contributed by atoms with Gasteiger partial charge in [0.15, 0.2) is 0 Å². The van der Waals surface area contributed by atoms with E-state index in [9.17, 15) is 9.59 Å². The molecule has 0 saturated carbocycles. The van der Waals surface area contributed by atoms with E-state index < -0.39 is 11.6 Å². The maximum atomic E-state index is 12.4. The van der Waals surface area contributed by atoms with E-state index in [1.165, 1.54) is 12.3 Å². The summed E-state index contributed by atoms with van der Waals surface area (Å²) in [5, 5.41) is 4.84. The maximum absolute atomic E-state index is 12.4. The molecular formula is C19H21N3O4. The lowest BCUT2D eigenvalue weighted by Gasteiger charge is -2.10. The normalized spacial score (nSPS) is 11.3. The summed E-state index contributed by atoms with van der Waals surface area (Å²) in [5.74, 6) is -0.325. The van der Waals surface area contributed by atoms with Crippen molar-refractivity contribution in [3.8, 4) is 0 Å². The molecule has 0 aliphatic heterocycles. The van der Waals surface area contributed by atoms with Crippen LogP contribution in [0.2, 0.25) is 0 Å². The second kappa shape index (κ2) is 6.67. The number of hydrogen-bond acceptors (Lipinski definition) is 6. The third-order valence-corrected chi connectivity index (χ3v) is 4.42. The standard InChI is InChI=1S/C19H21N3O4/c1-10(2)22-18(20)15(8-21-22)19(24)25-9-13-7-16(23)26-17-12(4)11(3)5-6-14(13)17/h5-8,10H,9,20H2,1-4H3. The molecule has 1 aromatic carbocycles. The zero-order valence-electron chi connectivity index (χ0n) is 15.2. The van der Waals surface area contributed by atoms with Crippen LogP contribution in [0.1, 0.15) is 46.9 Å². The molecule has 0 radical (unpaired) electrons. The lowest BCUT2D eigenvalue weighted by Crippen LogP contribution is -2.12. The fourth-order valence-corrected chi connectivity index (χ4v) is 2.81. The molecule has 0 aliphatic rings. The third-order valence-electron chi connectivity index (χ3n) is 4.42. The number of nitrogens with two attached hydrogens (primary N) is 1. The van der Waals surface area contributed by atoms with Crippen molar-refractivity contribution in [2.24, 2.45) is 0 Å². The van der Waals surface area contributed by atoms with Crippen molar-refractivity contribution in [2.75, 3.05) is 5.73 Å². The molecule has 2 aromatic heterocycles. The number of nitrogens with zero attached hydrogens (tertiary/aromatic N) is 2. The predicted molar refractivity (Wildman–Crippen MR) is 98.1 cm³/mol. The lowest BCUT2D eigenvalue weighted by atomic mass is 10.0. The summed E-state index contributed by atoms with van der Waals surface area (Å²) in [6, 6.07) is 5.17. The summed E-state index contributed by atoms with van der Waals surface area (Å²) in [6.07, 6.45) is 1.39. The number of carbonyl (C=O) groups is 1. The van der Waals surface area contributed by atoms with Crippen LogP contribution >= 0.6 is 0 Å². The highest BCUT2D eigenvalue weighted by Gasteiger charge is 2.19. The summed E-state index contributed by atoms with van der Waals surface area (Å²) >= 11 is 0. The molecule has 0 spiro atoms. The van der Waals surface area contributed by atoms with Crippen molar-refractivity contribution in [3.05, 3.63) is 57.1 Å². The molecule has 0 unspecified atom stereocenters. The first-order chi connectivity index (χ1) is 12.3. The summed E-state index contributed by atoms with van der Waals surface area (Å²) in [5.41, 5.74) is 8.68. The van der Waals surface area contributed by atoms with Gasteiger partial charge in [0, 0.05) is 23.1 Å². The SMILES string of the molecule is Cc1ccc2c(COC(=O)c3cnn(C(C)C)c3N)cc(=O)oc2c1C. The number of ether oxygens (including phenoxy) is 1. The molecule has 2 heterocycles. The summed E-state index contributed by atoms with van der Waals surface area (Å²) in [6.45, 7) is 7.60. The van der Waals surface area contributed by atoms with Crippen LogP contribution in [0.15, 0.2) is 33.6 Å². The second-order valence-electron chi connectivity index (χ2n) is 6.53. The molecule has 136 valence electrons. The first-order valence-electron chi connectivity index (χ1n) is 8.32. The highest BCUT2D eigenvalue weighted by Crippen LogP contribution is 2.24. The summed E-state index contributed by atoms with van der Waals surface area (Å²) < 4.78 is 12.2. The minimum Gasteiger partial charge on any atom is -0.457 e. The first kappa shape index (κ1) is 17.7. The van der Waals surface area contributed by atoms with Crippen molar-refractivity contribution in [2.45, 2.75) is 40.3 Å². The van der Waals surface area contributed by atoms with Gasteiger partial charge in [0.2, 0.25) is 0 Å². The summed E-state index contributed by atoms with van der Waals surface area (Å²) in [7, 11) is 0. The molecule has 7 heteroatoms. The van der Waals surface area contributed by atoms with Crippen molar-refractivity contribution >= 4 is 22.8 Å².